The normalized spacial score (nSPS) is 17.6. The molecule has 4 nitrogen and oxygen atoms in total. The summed E-state index contributed by atoms with van der Waals surface area (Å²) >= 11 is 1.42. The first kappa shape index (κ1) is 22.8. The zero-order valence-electron chi connectivity index (χ0n) is 18.2. The van der Waals surface area contributed by atoms with Crippen LogP contribution in [0.15, 0.2) is 48.0 Å². The van der Waals surface area contributed by atoms with E-state index in [-0.39, 0.29) is 12.5 Å². The number of nitrogens with one attached hydrogen (secondary N) is 2. The van der Waals surface area contributed by atoms with Crippen molar-refractivity contribution in [2.75, 3.05) is 11.9 Å². The zero-order chi connectivity index (χ0) is 22.5. The minimum Gasteiger partial charge on any atom is -0.390 e. The second-order valence-corrected chi connectivity index (χ2v) is 9.27. The fourth-order valence-electron chi connectivity index (χ4n) is 4.41. The number of nitrogens with zero attached hydrogens (tertiary/aromatic N) is 1. The van der Waals surface area contributed by atoms with E-state index < -0.39 is 23.8 Å². The van der Waals surface area contributed by atoms with Gasteiger partial charge in [-0.15, -0.1) is 11.3 Å². The second kappa shape index (κ2) is 10.5. The van der Waals surface area contributed by atoms with E-state index in [1.807, 2.05) is 5.38 Å². The third-order valence-corrected chi connectivity index (χ3v) is 6.79. The van der Waals surface area contributed by atoms with Crippen molar-refractivity contribution in [1.29, 1.82) is 0 Å². The maximum atomic E-state index is 13.7. The van der Waals surface area contributed by atoms with Gasteiger partial charge in [-0.25, -0.2) is 13.8 Å². The number of halogens is 2. The molecule has 3 atom stereocenters. The number of benzene rings is 2. The molecule has 3 N–H and O–H groups in total. The fraction of sp³-hybridized carbons (Fsp3) is 0.400. The lowest BCUT2D eigenvalue weighted by Crippen LogP contribution is -2.43. The van der Waals surface area contributed by atoms with E-state index in [0.717, 1.165) is 31.7 Å². The van der Waals surface area contributed by atoms with E-state index in [0.29, 0.717) is 17.2 Å². The van der Waals surface area contributed by atoms with Crippen molar-refractivity contribution < 1.29 is 13.9 Å². The molecule has 0 amide bonds. The molecule has 0 spiro atoms. The van der Waals surface area contributed by atoms with Crippen LogP contribution in [0.1, 0.15) is 48.1 Å². The number of thiazole rings is 1. The number of aliphatic hydroxyl groups excluding tert-OH is 1. The molecule has 1 aliphatic rings. The van der Waals surface area contributed by atoms with Gasteiger partial charge in [-0.3, -0.25) is 0 Å². The summed E-state index contributed by atoms with van der Waals surface area (Å²) in [4.78, 5) is 4.24. The van der Waals surface area contributed by atoms with Crippen LogP contribution in [0.3, 0.4) is 0 Å². The molecule has 0 radical (unpaired) electrons. The molecule has 0 saturated heterocycles. The monoisotopic (exact) mass is 457 g/mol. The first-order chi connectivity index (χ1) is 15.5. The number of aliphatic hydroxyl groups is 1. The van der Waals surface area contributed by atoms with Gasteiger partial charge in [0.05, 0.1) is 12.1 Å². The summed E-state index contributed by atoms with van der Waals surface area (Å²) in [6, 6.07) is 9.92. The smallest absolute Gasteiger partial charge is 0.182 e. The van der Waals surface area contributed by atoms with Crippen molar-refractivity contribution in [1.82, 2.24) is 10.3 Å². The molecule has 0 saturated carbocycles. The topological polar surface area (TPSA) is 57.2 Å². The molecule has 4 rings (SSSR count). The Bertz CT molecular complexity index is 1010. The summed E-state index contributed by atoms with van der Waals surface area (Å²) < 4.78 is 27.4. The van der Waals surface area contributed by atoms with Crippen LogP contribution < -0.4 is 10.6 Å². The van der Waals surface area contributed by atoms with Gasteiger partial charge >= 0.3 is 0 Å². The lowest BCUT2D eigenvalue weighted by molar-refractivity contribution is 0.143. The van der Waals surface area contributed by atoms with Gasteiger partial charge < -0.3 is 15.7 Å². The minimum absolute atomic E-state index is 0.187. The Labute approximate surface area is 191 Å². The first-order valence-electron chi connectivity index (χ1n) is 11.2. The molecule has 1 aliphatic carbocycles. The van der Waals surface area contributed by atoms with Crippen molar-refractivity contribution in [3.05, 3.63) is 81.9 Å². The van der Waals surface area contributed by atoms with E-state index in [1.54, 1.807) is 6.20 Å². The quantitative estimate of drug-likeness (QED) is 0.422. The lowest BCUT2D eigenvalue weighted by atomic mass is 9.86. The van der Waals surface area contributed by atoms with Crippen LogP contribution in [-0.2, 0) is 19.3 Å². The third-order valence-electron chi connectivity index (χ3n) is 6.09. The molecule has 1 aromatic heterocycles. The van der Waals surface area contributed by atoms with Crippen molar-refractivity contribution >= 4 is 16.5 Å². The molecule has 0 bridgehead atoms. The van der Waals surface area contributed by atoms with Crippen molar-refractivity contribution in [2.45, 2.75) is 57.2 Å². The van der Waals surface area contributed by atoms with Crippen molar-refractivity contribution in [2.24, 2.45) is 0 Å². The number of hydrogen-bond acceptors (Lipinski definition) is 5. The molecule has 1 heterocycles. The van der Waals surface area contributed by atoms with Gasteiger partial charge in [0.1, 0.15) is 11.6 Å². The summed E-state index contributed by atoms with van der Waals surface area (Å²) in [5.41, 5.74) is 4.49. The van der Waals surface area contributed by atoms with E-state index in [2.05, 4.69) is 40.7 Å². The Hall–Kier alpha value is -2.35. The second-order valence-electron chi connectivity index (χ2n) is 8.38. The molecular formula is C25H29F2N3OS. The van der Waals surface area contributed by atoms with E-state index >= 15 is 0 Å². The minimum atomic E-state index is -0.773. The van der Waals surface area contributed by atoms with Gasteiger partial charge in [0, 0.05) is 30.2 Å². The maximum Gasteiger partial charge on any atom is 0.182 e. The summed E-state index contributed by atoms with van der Waals surface area (Å²) in [6.07, 6.45) is 5.39. The zero-order valence-corrected chi connectivity index (χ0v) is 19.0. The maximum absolute atomic E-state index is 13.7. The summed E-state index contributed by atoms with van der Waals surface area (Å²) in [5, 5.41) is 20.3. The number of anilines is 1. The Balaban J connectivity index is 1.47. The number of rotatable bonds is 9. The van der Waals surface area contributed by atoms with E-state index in [9.17, 15) is 13.9 Å². The van der Waals surface area contributed by atoms with Gasteiger partial charge in [-0.05, 0) is 66.5 Å². The molecule has 3 unspecified atom stereocenters. The average Bonchev–Trinajstić information content (AvgIpc) is 3.29. The highest BCUT2D eigenvalue weighted by Crippen LogP contribution is 2.31. The molecule has 32 heavy (non-hydrogen) atoms. The molecule has 0 aliphatic heterocycles. The van der Waals surface area contributed by atoms with Crippen LogP contribution in [0.2, 0.25) is 0 Å². The standard InChI is InChI=1S/C25H29F2N3OS/c1-2-16-6-7-18-4-3-5-22(21(18)12-16)29-15-24(31)23(30-25-28-8-9-32-25)13-17-10-19(26)14-20(27)11-17/h6-12,14,22-24,29,31H,2-5,13,15H2,1H3,(H,28,30). The van der Waals surface area contributed by atoms with Crippen LogP contribution in [0.5, 0.6) is 0 Å². The van der Waals surface area contributed by atoms with Crippen LogP contribution >= 0.6 is 11.3 Å². The Morgan fingerprint density at radius 3 is 2.69 bits per heavy atom. The van der Waals surface area contributed by atoms with Gasteiger partial charge in [-0.1, -0.05) is 25.1 Å². The predicted octanol–water partition coefficient (Wildman–Crippen LogP) is 5.04. The van der Waals surface area contributed by atoms with E-state index in [1.165, 1.54) is 40.2 Å². The third kappa shape index (κ3) is 5.71. The number of aryl methyl sites for hydroxylation is 2. The van der Waals surface area contributed by atoms with Crippen LogP contribution in [0, 0.1) is 11.6 Å². The highest BCUT2D eigenvalue weighted by molar-refractivity contribution is 7.13. The van der Waals surface area contributed by atoms with E-state index in [4.69, 9.17) is 0 Å². The van der Waals surface area contributed by atoms with Crippen molar-refractivity contribution in [3.8, 4) is 0 Å². The highest BCUT2D eigenvalue weighted by Gasteiger charge is 2.25. The molecule has 3 aromatic rings. The average molecular weight is 458 g/mol. The molecule has 0 fully saturated rings. The number of aromatic nitrogens is 1. The summed E-state index contributed by atoms with van der Waals surface area (Å²) in [5.74, 6) is -1.24. The summed E-state index contributed by atoms with van der Waals surface area (Å²) in [6.45, 7) is 2.52. The molecule has 2 aromatic carbocycles. The first-order valence-corrected chi connectivity index (χ1v) is 12.0. The Morgan fingerprint density at radius 1 is 1.16 bits per heavy atom. The molecule has 7 heteroatoms. The highest BCUT2D eigenvalue weighted by atomic mass is 32.1. The summed E-state index contributed by atoms with van der Waals surface area (Å²) in [7, 11) is 0. The SMILES string of the molecule is CCc1ccc2c(c1)C(NCC(O)C(Cc1cc(F)cc(F)c1)Nc1nccs1)CCC2. The van der Waals surface area contributed by atoms with Gasteiger partial charge in [0.15, 0.2) is 5.13 Å². The molecular weight excluding hydrogens is 428 g/mol. The van der Waals surface area contributed by atoms with Crippen LogP contribution in [-0.4, -0.2) is 28.8 Å². The number of fused-ring (bicyclic) bond motifs is 1. The number of hydrogen-bond donors (Lipinski definition) is 3. The fourth-order valence-corrected chi connectivity index (χ4v) is 5.00. The Kier molecular flexibility index (Phi) is 7.50. The van der Waals surface area contributed by atoms with Crippen LogP contribution in [0.4, 0.5) is 13.9 Å². The van der Waals surface area contributed by atoms with Gasteiger partial charge in [0.2, 0.25) is 0 Å². The predicted molar refractivity (Wildman–Crippen MR) is 125 cm³/mol. The largest absolute Gasteiger partial charge is 0.390 e. The lowest BCUT2D eigenvalue weighted by Gasteiger charge is -2.30. The Morgan fingerprint density at radius 2 is 1.97 bits per heavy atom. The van der Waals surface area contributed by atoms with Crippen molar-refractivity contribution in [3.63, 3.8) is 0 Å². The van der Waals surface area contributed by atoms with Gasteiger partial charge in [0.25, 0.3) is 0 Å². The van der Waals surface area contributed by atoms with Crippen LogP contribution in [0.25, 0.3) is 0 Å². The molecule has 170 valence electrons. The van der Waals surface area contributed by atoms with Gasteiger partial charge in [-0.2, -0.15) is 0 Å².